The Morgan fingerprint density at radius 1 is 1.07 bits per heavy atom. The minimum absolute atomic E-state index is 0.0664. The van der Waals surface area contributed by atoms with Gasteiger partial charge in [0.05, 0.1) is 16.4 Å². The van der Waals surface area contributed by atoms with E-state index in [1.165, 1.54) is 36.6 Å². The zero-order chi connectivity index (χ0) is 18.6. The molecule has 3 fully saturated rings. The van der Waals surface area contributed by atoms with Crippen LogP contribution in [0.5, 0.6) is 0 Å². The highest BCUT2D eigenvalue weighted by atomic mass is 32.1. The fourth-order valence-corrected chi connectivity index (χ4v) is 5.46. The van der Waals surface area contributed by atoms with Crippen LogP contribution in [0.4, 0.5) is 5.82 Å². The van der Waals surface area contributed by atoms with Crippen LogP contribution in [0.2, 0.25) is 0 Å². The summed E-state index contributed by atoms with van der Waals surface area (Å²) in [5.41, 5.74) is 2.47. The molecule has 2 aromatic heterocycles. The Hall–Kier alpha value is -1.53. The lowest BCUT2D eigenvalue weighted by Gasteiger charge is -2.24. The van der Waals surface area contributed by atoms with E-state index in [4.69, 9.17) is 4.98 Å². The molecule has 5 rings (SSSR count). The van der Waals surface area contributed by atoms with Crippen molar-refractivity contribution in [2.45, 2.75) is 51.5 Å². The Bertz CT molecular complexity index is 808. The first-order chi connectivity index (χ1) is 13.0. The smallest absolute Gasteiger partial charge is 0.132 e. The van der Waals surface area contributed by atoms with E-state index in [1.54, 1.807) is 6.33 Å². The minimum atomic E-state index is 0.0664. The summed E-state index contributed by atoms with van der Waals surface area (Å²) in [7, 11) is 0. The molecule has 3 aliphatic rings. The number of fused-ring (bicyclic) bond motifs is 1. The number of hydrogen-bond donors (Lipinski definition) is 0. The van der Waals surface area contributed by atoms with Crippen molar-refractivity contribution in [1.29, 1.82) is 0 Å². The lowest BCUT2D eigenvalue weighted by Crippen LogP contribution is -2.29. The second kappa shape index (κ2) is 6.52. The van der Waals surface area contributed by atoms with Crippen LogP contribution in [-0.2, 0) is 12.0 Å². The average Bonchev–Trinajstić information content (AvgIpc) is 3.06. The molecule has 2 saturated heterocycles. The summed E-state index contributed by atoms with van der Waals surface area (Å²) >= 11 is 1.87. The summed E-state index contributed by atoms with van der Waals surface area (Å²) in [5.74, 6) is 3.38. The van der Waals surface area contributed by atoms with E-state index in [-0.39, 0.29) is 5.41 Å². The molecule has 2 unspecified atom stereocenters. The number of nitrogens with zero attached hydrogens (tertiary/aromatic N) is 5. The van der Waals surface area contributed by atoms with Gasteiger partial charge in [0, 0.05) is 55.5 Å². The van der Waals surface area contributed by atoms with Crippen LogP contribution in [0.3, 0.4) is 0 Å². The van der Waals surface area contributed by atoms with E-state index >= 15 is 0 Å². The second-order valence-corrected chi connectivity index (χ2v) is 10.5. The first-order valence-electron chi connectivity index (χ1n) is 10.2. The molecule has 1 saturated carbocycles. The molecular weight excluding hydrogens is 354 g/mol. The van der Waals surface area contributed by atoms with Crippen LogP contribution >= 0.6 is 11.3 Å². The Kier molecular flexibility index (Phi) is 4.24. The Morgan fingerprint density at radius 3 is 2.48 bits per heavy atom. The Labute approximate surface area is 165 Å². The molecule has 6 heteroatoms. The van der Waals surface area contributed by atoms with Gasteiger partial charge in [-0.05, 0) is 24.7 Å². The quantitative estimate of drug-likeness (QED) is 0.806. The highest BCUT2D eigenvalue weighted by Crippen LogP contribution is 2.41. The van der Waals surface area contributed by atoms with E-state index in [2.05, 4.69) is 52.0 Å². The van der Waals surface area contributed by atoms with Gasteiger partial charge in [-0.1, -0.05) is 20.8 Å². The summed E-state index contributed by atoms with van der Waals surface area (Å²) in [6, 6.07) is 2.19. The van der Waals surface area contributed by atoms with E-state index in [9.17, 15) is 0 Å². The third-order valence-electron chi connectivity index (χ3n) is 6.19. The van der Waals surface area contributed by atoms with Gasteiger partial charge in [-0.25, -0.2) is 15.0 Å². The molecule has 0 radical (unpaired) electrons. The predicted molar refractivity (Wildman–Crippen MR) is 109 cm³/mol. The fraction of sp³-hybridized carbons (Fsp3) is 0.667. The lowest BCUT2D eigenvalue weighted by atomic mass is 9.92. The van der Waals surface area contributed by atoms with E-state index in [0.717, 1.165) is 48.9 Å². The molecule has 144 valence electrons. The van der Waals surface area contributed by atoms with Crippen LogP contribution in [0.15, 0.2) is 17.8 Å². The molecule has 2 aliphatic heterocycles. The van der Waals surface area contributed by atoms with Gasteiger partial charge in [-0.3, -0.25) is 4.90 Å². The van der Waals surface area contributed by atoms with E-state index in [0.29, 0.717) is 0 Å². The number of anilines is 1. The zero-order valence-electron chi connectivity index (χ0n) is 16.6. The molecule has 0 N–H and O–H groups in total. The van der Waals surface area contributed by atoms with Gasteiger partial charge < -0.3 is 4.90 Å². The van der Waals surface area contributed by atoms with Crippen LogP contribution < -0.4 is 4.90 Å². The maximum absolute atomic E-state index is 4.87. The lowest BCUT2D eigenvalue weighted by molar-refractivity contribution is 0.305. The van der Waals surface area contributed by atoms with Crippen molar-refractivity contribution in [1.82, 2.24) is 19.9 Å². The topological polar surface area (TPSA) is 45.2 Å². The molecular formula is C21H29N5S. The van der Waals surface area contributed by atoms with Gasteiger partial charge in [-0.2, -0.15) is 0 Å². The predicted octanol–water partition coefficient (Wildman–Crippen LogP) is 3.68. The van der Waals surface area contributed by atoms with Gasteiger partial charge in [0.2, 0.25) is 0 Å². The minimum Gasteiger partial charge on any atom is -0.356 e. The number of aromatic nitrogens is 3. The molecule has 0 aromatic carbocycles. The molecule has 0 bridgehead atoms. The maximum Gasteiger partial charge on any atom is 0.132 e. The molecule has 2 aromatic rings. The third kappa shape index (κ3) is 3.61. The molecule has 1 aliphatic carbocycles. The second-order valence-electron chi connectivity index (χ2n) is 9.58. The highest BCUT2D eigenvalue weighted by molar-refractivity contribution is 7.09. The third-order valence-corrected chi connectivity index (χ3v) is 7.24. The zero-order valence-corrected chi connectivity index (χ0v) is 17.4. The molecule has 5 nitrogen and oxygen atoms in total. The summed E-state index contributed by atoms with van der Waals surface area (Å²) in [5, 5.41) is 3.65. The van der Waals surface area contributed by atoms with Crippen molar-refractivity contribution in [2.75, 3.05) is 31.1 Å². The first-order valence-corrected chi connectivity index (χ1v) is 11.1. The van der Waals surface area contributed by atoms with Gasteiger partial charge in [0.15, 0.2) is 0 Å². The summed E-state index contributed by atoms with van der Waals surface area (Å²) in [4.78, 5) is 19.0. The number of thiazole rings is 1. The molecule has 0 spiro atoms. The highest BCUT2D eigenvalue weighted by Gasteiger charge is 2.40. The van der Waals surface area contributed by atoms with E-state index in [1.807, 2.05) is 11.3 Å². The number of rotatable bonds is 4. The van der Waals surface area contributed by atoms with Crippen LogP contribution in [0.1, 0.15) is 55.9 Å². The maximum atomic E-state index is 4.87. The van der Waals surface area contributed by atoms with Crippen molar-refractivity contribution in [3.63, 3.8) is 0 Å². The SMILES string of the molecule is CC(C)(C)c1cc(N2CC3CN(Cc4csc(C5CC5)n4)CC3C2)ncn1. The summed E-state index contributed by atoms with van der Waals surface area (Å²) in [6.07, 6.45) is 4.42. The van der Waals surface area contributed by atoms with Crippen molar-refractivity contribution in [3.8, 4) is 0 Å². The first kappa shape index (κ1) is 17.6. The average molecular weight is 384 g/mol. The molecule has 4 heterocycles. The number of likely N-dealkylation sites (tertiary alicyclic amines) is 1. The van der Waals surface area contributed by atoms with Crippen molar-refractivity contribution >= 4 is 17.2 Å². The monoisotopic (exact) mass is 383 g/mol. The molecule has 2 atom stereocenters. The molecule has 27 heavy (non-hydrogen) atoms. The standard InChI is InChI=1S/C21H29N5S/c1-21(2,3)18-6-19(23-13-22-18)26-9-15-7-25(8-16(15)10-26)11-17-12-27-20(24-17)14-4-5-14/h6,12-16H,4-5,7-11H2,1-3H3. The van der Waals surface area contributed by atoms with Crippen molar-refractivity contribution in [2.24, 2.45) is 11.8 Å². The van der Waals surface area contributed by atoms with Gasteiger partial charge in [-0.15, -0.1) is 11.3 Å². The van der Waals surface area contributed by atoms with E-state index < -0.39 is 0 Å². The number of hydrogen-bond acceptors (Lipinski definition) is 6. The van der Waals surface area contributed by atoms with Crippen LogP contribution in [-0.4, -0.2) is 46.0 Å². The summed E-state index contributed by atoms with van der Waals surface area (Å²) < 4.78 is 0. The van der Waals surface area contributed by atoms with Crippen LogP contribution in [0, 0.1) is 11.8 Å². The Balaban J connectivity index is 1.20. The van der Waals surface area contributed by atoms with Crippen molar-refractivity contribution < 1.29 is 0 Å². The van der Waals surface area contributed by atoms with Gasteiger partial charge in [0.25, 0.3) is 0 Å². The largest absolute Gasteiger partial charge is 0.356 e. The normalized spacial score (nSPS) is 26.0. The fourth-order valence-electron chi connectivity index (χ4n) is 4.48. The van der Waals surface area contributed by atoms with Gasteiger partial charge >= 0.3 is 0 Å². The Morgan fingerprint density at radius 2 is 1.81 bits per heavy atom. The van der Waals surface area contributed by atoms with Crippen LogP contribution in [0.25, 0.3) is 0 Å². The summed E-state index contributed by atoms with van der Waals surface area (Å²) in [6.45, 7) is 12.3. The van der Waals surface area contributed by atoms with Gasteiger partial charge in [0.1, 0.15) is 12.1 Å². The molecule has 0 amide bonds. The van der Waals surface area contributed by atoms with Crippen molar-refractivity contribution in [3.05, 3.63) is 34.2 Å².